The zero-order valence-corrected chi connectivity index (χ0v) is 10.1. The van der Waals surface area contributed by atoms with E-state index >= 15 is 0 Å². The van der Waals surface area contributed by atoms with Gasteiger partial charge in [-0.25, -0.2) is 0 Å². The summed E-state index contributed by atoms with van der Waals surface area (Å²) in [6.07, 6.45) is 2.62. The second kappa shape index (κ2) is 8.21. The van der Waals surface area contributed by atoms with Crippen LogP contribution in [0.3, 0.4) is 0 Å². The van der Waals surface area contributed by atoms with Gasteiger partial charge in [-0.2, -0.15) is 0 Å². The second-order valence-corrected chi connectivity index (χ2v) is 4.18. The molecule has 0 bridgehead atoms. The van der Waals surface area contributed by atoms with Crippen molar-refractivity contribution in [1.82, 2.24) is 4.90 Å². The first-order valence-electron chi connectivity index (χ1n) is 5.59. The standard InChI is InChI=1S/C11H26N2O/c1-10(2)14-9-8-13(4)11(3)6-5-7-12/h10-11H,5-9,12H2,1-4H3. The van der Waals surface area contributed by atoms with Gasteiger partial charge in [0.15, 0.2) is 0 Å². The summed E-state index contributed by atoms with van der Waals surface area (Å²) in [5.41, 5.74) is 5.47. The van der Waals surface area contributed by atoms with Crippen LogP contribution in [0.1, 0.15) is 33.6 Å². The summed E-state index contributed by atoms with van der Waals surface area (Å²) in [4.78, 5) is 2.33. The molecule has 1 unspecified atom stereocenters. The van der Waals surface area contributed by atoms with E-state index in [1.54, 1.807) is 0 Å². The molecule has 0 aliphatic rings. The van der Waals surface area contributed by atoms with Crippen LogP contribution in [0.5, 0.6) is 0 Å². The topological polar surface area (TPSA) is 38.5 Å². The molecule has 0 saturated heterocycles. The highest BCUT2D eigenvalue weighted by molar-refractivity contribution is 4.63. The fourth-order valence-corrected chi connectivity index (χ4v) is 1.29. The minimum Gasteiger partial charge on any atom is -0.377 e. The smallest absolute Gasteiger partial charge is 0.0596 e. The molecule has 0 aromatic rings. The maximum atomic E-state index is 5.50. The van der Waals surface area contributed by atoms with Gasteiger partial charge in [-0.3, -0.25) is 0 Å². The van der Waals surface area contributed by atoms with Crippen LogP contribution in [0.15, 0.2) is 0 Å². The lowest BCUT2D eigenvalue weighted by Crippen LogP contribution is -2.33. The summed E-state index contributed by atoms with van der Waals surface area (Å²) in [6.45, 7) is 8.99. The second-order valence-electron chi connectivity index (χ2n) is 4.18. The first-order chi connectivity index (χ1) is 6.57. The van der Waals surface area contributed by atoms with Crippen LogP contribution >= 0.6 is 0 Å². The lowest BCUT2D eigenvalue weighted by molar-refractivity contribution is 0.0565. The molecule has 0 fully saturated rings. The third-order valence-electron chi connectivity index (χ3n) is 2.47. The minimum absolute atomic E-state index is 0.336. The lowest BCUT2D eigenvalue weighted by Gasteiger charge is -2.24. The molecule has 14 heavy (non-hydrogen) atoms. The predicted octanol–water partition coefficient (Wildman–Crippen LogP) is 1.47. The van der Waals surface area contributed by atoms with Crippen molar-refractivity contribution in [2.24, 2.45) is 5.73 Å². The third-order valence-corrected chi connectivity index (χ3v) is 2.47. The zero-order valence-electron chi connectivity index (χ0n) is 10.1. The largest absolute Gasteiger partial charge is 0.377 e. The monoisotopic (exact) mass is 202 g/mol. The summed E-state index contributed by atoms with van der Waals surface area (Å²) in [6, 6.07) is 0.606. The van der Waals surface area contributed by atoms with Crippen LogP contribution in [0.4, 0.5) is 0 Å². The van der Waals surface area contributed by atoms with E-state index in [2.05, 4.69) is 32.7 Å². The van der Waals surface area contributed by atoms with E-state index in [4.69, 9.17) is 10.5 Å². The molecule has 3 nitrogen and oxygen atoms in total. The van der Waals surface area contributed by atoms with Crippen molar-refractivity contribution >= 4 is 0 Å². The third kappa shape index (κ3) is 7.30. The predicted molar refractivity (Wildman–Crippen MR) is 61.5 cm³/mol. The van der Waals surface area contributed by atoms with Gasteiger partial charge in [0.05, 0.1) is 12.7 Å². The quantitative estimate of drug-likeness (QED) is 0.648. The van der Waals surface area contributed by atoms with Crippen LogP contribution in [-0.2, 0) is 4.74 Å². The van der Waals surface area contributed by atoms with Crippen molar-refractivity contribution in [3.8, 4) is 0 Å². The van der Waals surface area contributed by atoms with Gasteiger partial charge >= 0.3 is 0 Å². The van der Waals surface area contributed by atoms with Crippen molar-refractivity contribution in [2.45, 2.75) is 45.8 Å². The SMILES string of the molecule is CC(C)OCCN(C)C(C)CCCN. The molecule has 0 radical (unpaired) electrons. The van der Waals surface area contributed by atoms with Gasteiger partial charge in [0, 0.05) is 12.6 Å². The Bertz CT molecular complexity index is 128. The molecule has 0 heterocycles. The number of likely N-dealkylation sites (N-methyl/N-ethyl adjacent to an activating group) is 1. The Balaban J connectivity index is 3.46. The molecular weight excluding hydrogens is 176 g/mol. The van der Waals surface area contributed by atoms with Crippen molar-refractivity contribution in [2.75, 3.05) is 26.7 Å². The Labute approximate surface area is 88.6 Å². The fraction of sp³-hybridized carbons (Fsp3) is 1.00. The van der Waals surface area contributed by atoms with Crippen molar-refractivity contribution in [3.05, 3.63) is 0 Å². The summed E-state index contributed by atoms with van der Waals surface area (Å²) in [7, 11) is 2.14. The van der Waals surface area contributed by atoms with Crippen LogP contribution in [-0.4, -0.2) is 43.8 Å². The highest BCUT2D eigenvalue weighted by Gasteiger charge is 2.07. The van der Waals surface area contributed by atoms with Gasteiger partial charge in [0.1, 0.15) is 0 Å². The van der Waals surface area contributed by atoms with Crippen molar-refractivity contribution in [1.29, 1.82) is 0 Å². The van der Waals surface area contributed by atoms with Crippen LogP contribution < -0.4 is 5.73 Å². The lowest BCUT2D eigenvalue weighted by atomic mass is 10.1. The average molecular weight is 202 g/mol. The highest BCUT2D eigenvalue weighted by Crippen LogP contribution is 2.03. The number of rotatable bonds is 8. The average Bonchev–Trinajstić information content (AvgIpc) is 2.13. The van der Waals surface area contributed by atoms with Crippen molar-refractivity contribution in [3.63, 3.8) is 0 Å². The molecule has 0 aromatic carbocycles. The van der Waals surface area contributed by atoms with Crippen LogP contribution in [0.2, 0.25) is 0 Å². The first kappa shape index (κ1) is 13.9. The number of ether oxygens (including phenoxy) is 1. The summed E-state index contributed by atoms with van der Waals surface area (Å²) >= 11 is 0. The Kier molecular flexibility index (Phi) is 8.14. The first-order valence-corrected chi connectivity index (χ1v) is 5.59. The van der Waals surface area contributed by atoms with Crippen LogP contribution in [0.25, 0.3) is 0 Å². The molecule has 0 aliphatic heterocycles. The molecule has 2 N–H and O–H groups in total. The Hall–Kier alpha value is -0.120. The molecule has 0 saturated carbocycles. The molecule has 0 aromatic heterocycles. The van der Waals surface area contributed by atoms with E-state index in [1.165, 1.54) is 6.42 Å². The molecule has 1 atom stereocenters. The fourth-order valence-electron chi connectivity index (χ4n) is 1.29. The van der Waals surface area contributed by atoms with Gasteiger partial charge in [-0.15, -0.1) is 0 Å². The molecule has 0 aliphatic carbocycles. The van der Waals surface area contributed by atoms with Gasteiger partial charge in [0.2, 0.25) is 0 Å². The number of hydrogen-bond acceptors (Lipinski definition) is 3. The minimum atomic E-state index is 0.336. The number of nitrogens with two attached hydrogens (primary N) is 1. The number of hydrogen-bond donors (Lipinski definition) is 1. The number of nitrogens with zero attached hydrogens (tertiary/aromatic N) is 1. The maximum Gasteiger partial charge on any atom is 0.0596 e. The van der Waals surface area contributed by atoms with E-state index < -0.39 is 0 Å². The van der Waals surface area contributed by atoms with Gasteiger partial charge in [-0.1, -0.05) is 0 Å². The zero-order chi connectivity index (χ0) is 11.0. The van der Waals surface area contributed by atoms with E-state index in [0.717, 1.165) is 26.1 Å². The molecule has 86 valence electrons. The van der Waals surface area contributed by atoms with Gasteiger partial charge < -0.3 is 15.4 Å². The summed E-state index contributed by atoms with van der Waals surface area (Å²) in [5, 5.41) is 0. The molecule has 0 amide bonds. The molecule has 3 heteroatoms. The summed E-state index contributed by atoms with van der Waals surface area (Å²) < 4.78 is 5.50. The molecule has 0 spiro atoms. The van der Waals surface area contributed by atoms with E-state index in [0.29, 0.717) is 12.1 Å². The van der Waals surface area contributed by atoms with Gasteiger partial charge in [-0.05, 0) is 47.2 Å². The Morgan fingerprint density at radius 1 is 1.29 bits per heavy atom. The van der Waals surface area contributed by atoms with Crippen molar-refractivity contribution < 1.29 is 4.74 Å². The van der Waals surface area contributed by atoms with Gasteiger partial charge in [0.25, 0.3) is 0 Å². The maximum absolute atomic E-state index is 5.50. The van der Waals surface area contributed by atoms with E-state index in [9.17, 15) is 0 Å². The Morgan fingerprint density at radius 2 is 1.93 bits per heavy atom. The summed E-state index contributed by atoms with van der Waals surface area (Å²) in [5.74, 6) is 0. The molecular formula is C11H26N2O. The normalized spacial score (nSPS) is 13.9. The van der Waals surface area contributed by atoms with E-state index in [-0.39, 0.29) is 0 Å². The highest BCUT2D eigenvalue weighted by atomic mass is 16.5. The van der Waals surface area contributed by atoms with E-state index in [1.807, 2.05) is 0 Å². The van der Waals surface area contributed by atoms with Crippen LogP contribution in [0, 0.1) is 0 Å². The Morgan fingerprint density at radius 3 is 2.43 bits per heavy atom. The molecule has 0 rings (SSSR count).